The van der Waals surface area contributed by atoms with E-state index in [9.17, 15) is 0 Å². The van der Waals surface area contributed by atoms with Crippen LogP contribution in [0.2, 0.25) is 0 Å². The zero-order chi connectivity index (χ0) is 10.9. The van der Waals surface area contributed by atoms with E-state index < -0.39 is 0 Å². The van der Waals surface area contributed by atoms with E-state index in [2.05, 4.69) is 22.2 Å². The first-order chi connectivity index (χ1) is 7.33. The van der Waals surface area contributed by atoms with Crippen molar-refractivity contribution in [2.45, 2.75) is 46.1 Å². The summed E-state index contributed by atoms with van der Waals surface area (Å²) in [6, 6.07) is 0. The fourth-order valence-corrected chi connectivity index (χ4v) is 1.40. The predicted molar refractivity (Wildman–Crippen MR) is 62.6 cm³/mol. The van der Waals surface area contributed by atoms with Crippen LogP contribution in [-0.4, -0.2) is 16.5 Å². The van der Waals surface area contributed by atoms with Gasteiger partial charge in [0, 0.05) is 18.9 Å². The van der Waals surface area contributed by atoms with Crippen molar-refractivity contribution in [1.29, 1.82) is 0 Å². The third-order valence-electron chi connectivity index (χ3n) is 2.35. The van der Waals surface area contributed by atoms with Crippen molar-refractivity contribution in [2.24, 2.45) is 0 Å². The number of aryl methyl sites for hydroxylation is 1. The van der Waals surface area contributed by atoms with E-state index in [4.69, 9.17) is 0 Å². The molecular weight excluding hydrogens is 186 g/mol. The van der Waals surface area contributed by atoms with Crippen LogP contribution in [-0.2, 0) is 6.54 Å². The normalized spacial score (nSPS) is 10.5. The second kappa shape index (κ2) is 7.35. The lowest BCUT2D eigenvalue weighted by Crippen LogP contribution is -2.15. The molecule has 1 aromatic heterocycles. The standard InChI is InChI=1S/C12H21N3/c1-3-4-5-6-7-13-9-12-10-14-11(2)8-15-12/h8,10,13H,3-7,9H2,1-2H3. The molecule has 1 aromatic rings. The summed E-state index contributed by atoms with van der Waals surface area (Å²) in [5.41, 5.74) is 2.00. The molecule has 84 valence electrons. The molecule has 0 aromatic carbocycles. The van der Waals surface area contributed by atoms with Crippen LogP contribution in [0.15, 0.2) is 12.4 Å². The van der Waals surface area contributed by atoms with Gasteiger partial charge in [-0.05, 0) is 19.9 Å². The van der Waals surface area contributed by atoms with Gasteiger partial charge in [-0.2, -0.15) is 0 Å². The summed E-state index contributed by atoms with van der Waals surface area (Å²) in [4.78, 5) is 8.49. The summed E-state index contributed by atoms with van der Waals surface area (Å²) in [6.07, 6.45) is 8.87. The second-order valence-corrected chi connectivity index (χ2v) is 3.89. The lowest BCUT2D eigenvalue weighted by Gasteiger charge is -2.03. The molecule has 0 spiro atoms. The Kier molecular flexibility index (Phi) is 5.93. The molecule has 15 heavy (non-hydrogen) atoms. The Bertz CT molecular complexity index is 256. The highest BCUT2D eigenvalue weighted by atomic mass is 14.9. The predicted octanol–water partition coefficient (Wildman–Crippen LogP) is 2.45. The highest BCUT2D eigenvalue weighted by molar-refractivity contribution is 4.99. The van der Waals surface area contributed by atoms with Crippen molar-refractivity contribution in [3.63, 3.8) is 0 Å². The molecule has 1 N–H and O–H groups in total. The summed E-state index contributed by atoms with van der Waals surface area (Å²) < 4.78 is 0. The summed E-state index contributed by atoms with van der Waals surface area (Å²) in [5.74, 6) is 0. The van der Waals surface area contributed by atoms with E-state index in [1.54, 1.807) is 0 Å². The van der Waals surface area contributed by atoms with Crippen molar-refractivity contribution in [3.8, 4) is 0 Å². The molecule has 3 nitrogen and oxygen atoms in total. The van der Waals surface area contributed by atoms with E-state index in [1.165, 1.54) is 25.7 Å². The number of nitrogens with one attached hydrogen (secondary N) is 1. The molecule has 0 aliphatic rings. The van der Waals surface area contributed by atoms with Gasteiger partial charge in [-0.1, -0.05) is 26.2 Å². The highest BCUT2D eigenvalue weighted by Crippen LogP contribution is 1.98. The first-order valence-electron chi connectivity index (χ1n) is 5.81. The summed E-state index contributed by atoms with van der Waals surface area (Å²) in [6.45, 7) is 6.10. The summed E-state index contributed by atoms with van der Waals surface area (Å²) >= 11 is 0. The largest absolute Gasteiger partial charge is 0.311 e. The number of nitrogens with zero attached hydrogens (tertiary/aromatic N) is 2. The van der Waals surface area contributed by atoms with Gasteiger partial charge in [-0.15, -0.1) is 0 Å². The molecule has 0 saturated carbocycles. The minimum atomic E-state index is 0.833. The van der Waals surface area contributed by atoms with Crippen LogP contribution in [0.1, 0.15) is 44.0 Å². The quantitative estimate of drug-likeness (QED) is 0.698. The van der Waals surface area contributed by atoms with Crippen molar-refractivity contribution in [2.75, 3.05) is 6.54 Å². The van der Waals surface area contributed by atoms with Crippen LogP contribution in [0.25, 0.3) is 0 Å². The molecule has 0 fully saturated rings. The summed E-state index contributed by atoms with van der Waals surface area (Å²) in [5, 5.41) is 3.38. The zero-order valence-electron chi connectivity index (χ0n) is 9.79. The van der Waals surface area contributed by atoms with Gasteiger partial charge in [0.15, 0.2) is 0 Å². The molecule has 3 heteroatoms. The van der Waals surface area contributed by atoms with Gasteiger partial charge in [-0.25, -0.2) is 0 Å². The molecular formula is C12H21N3. The Morgan fingerprint density at radius 3 is 2.67 bits per heavy atom. The van der Waals surface area contributed by atoms with Gasteiger partial charge >= 0.3 is 0 Å². The van der Waals surface area contributed by atoms with Crippen molar-refractivity contribution < 1.29 is 0 Å². The van der Waals surface area contributed by atoms with Crippen molar-refractivity contribution in [3.05, 3.63) is 23.8 Å². The van der Waals surface area contributed by atoms with Crippen LogP contribution in [0.3, 0.4) is 0 Å². The number of aromatic nitrogens is 2. The fraction of sp³-hybridized carbons (Fsp3) is 0.667. The van der Waals surface area contributed by atoms with Gasteiger partial charge in [0.25, 0.3) is 0 Å². The maximum absolute atomic E-state index is 4.29. The first kappa shape index (κ1) is 12.1. The van der Waals surface area contributed by atoms with Crippen molar-refractivity contribution >= 4 is 0 Å². The van der Waals surface area contributed by atoms with Gasteiger partial charge < -0.3 is 5.32 Å². The Morgan fingerprint density at radius 2 is 2.00 bits per heavy atom. The van der Waals surface area contributed by atoms with Crippen molar-refractivity contribution in [1.82, 2.24) is 15.3 Å². The SMILES string of the molecule is CCCCCCNCc1cnc(C)cn1. The number of hydrogen-bond acceptors (Lipinski definition) is 3. The zero-order valence-corrected chi connectivity index (χ0v) is 9.79. The Morgan fingerprint density at radius 1 is 1.13 bits per heavy atom. The van der Waals surface area contributed by atoms with E-state index in [1.807, 2.05) is 19.3 Å². The topological polar surface area (TPSA) is 37.8 Å². The van der Waals surface area contributed by atoms with E-state index in [-0.39, 0.29) is 0 Å². The maximum Gasteiger partial charge on any atom is 0.0724 e. The first-order valence-corrected chi connectivity index (χ1v) is 5.81. The molecule has 1 heterocycles. The lowest BCUT2D eigenvalue weighted by atomic mass is 10.2. The molecule has 0 aliphatic heterocycles. The number of unbranched alkanes of at least 4 members (excludes halogenated alkanes) is 3. The smallest absolute Gasteiger partial charge is 0.0724 e. The summed E-state index contributed by atoms with van der Waals surface area (Å²) in [7, 11) is 0. The minimum absolute atomic E-state index is 0.833. The Labute approximate surface area is 92.3 Å². The Hall–Kier alpha value is -0.960. The molecule has 0 saturated heterocycles. The molecule has 0 radical (unpaired) electrons. The molecule has 1 rings (SSSR count). The monoisotopic (exact) mass is 207 g/mol. The fourth-order valence-electron chi connectivity index (χ4n) is 1.40. The van der Waals surface area contributed by atoms with Gasteiger partial charge in [0.05, 0.1) is 11.4 Å². The van der Waals surface area contributed by atoms with Crippen LogP contribution in [0.4, 0.5) is 0 Å². The molecule has 0 unspecified atom stereocenters. The number of hydrogen-bond donors (Lipinski definition) is 1. The van der Waals surface area contributed by atoms with Crippen LogP contribution in [0.5, 0.6) is 0 Å². The molecule has 0 bridgehead atoms. The van der Waals surface area contributed by atoms with E-state index in [0.717, 1.165) is 24.5 Å². The van der Waals surface area contributed by atoms with Gasteiger partial charge in [-0.3, -0.25) is 9.97 Å². The van der Waals surface area contributed by atoms with Crippen LogP contribution >= 0.6 is 0 Å². The minimum Gasteiger partial charge on any atom is -0.311 e. The second-order valence-electron chi connectivity index (χ2n) is 3.89. The third kappa shape index (κ3) is 5.47. The maximum atomic E-state index is 4.29. The molecule has 0 amide bonds. The average molecular weight is 207 g/mol. The number of rotatable bonds is 7. The highest BCUT2D eigenvalue weighted by Gasteiger charge is 1.94. The van der Waals surface area contributed by atoms with E-state index >= 15 is 0 Å². The van der Waals surface area contributed by atoms with Crippen LogP contribution in [0, 0.1) is 6.92 Å². The lowest BCUT2D eigenvalue weighted by molar-refractivity contribution is 0.592. The van der Waals surface area contributed by atoms with Gasteiger partial charge in [0.2, 0.25) is 0 Å². The molecule has 0 aliphatic carbocycles. The molecule has 0 atom stereocenters. The van der Waals surface area contributed by atoms with E-state index in [0.29, 0.717) is 0 Å². The Balaban J connectivity index is 2.07. The van der Waals surface area contributed by atoms with Gasteiger partial charge in [0.1, 0.15) is 0 Å². The average Bonchev–Trinajstić information content (AvgIpc) is 2.26. The van der Waals surface area contributed by atoms with Crippen LogP contribution < -0.4 is 5.32 Å². The third-order valence-corrected chi connectivity index (χ3v) is 2.35.